The van der Waals surface area contributed by atoms with Gasteiger partial charge in [0.15, 0.2) is 0 Å². The van der Waals surface area contributed by atoms with Gasteiger partial charge in [-0.25, -0.2) is 0 Å². The molecule has 19 heavy (non-hydrogen) atoms. The number of hydrogen-bond donors (Lipinski definition) is 1. The van der Waals surface area contributed by atoms with Crippen LogP contribution in [0.4, 0.5) is 0 Å². The van der Waals surface area contributed by atoms with E-state index >= 15 is 0 Å². The SMILES string of the molecule is CNC1CCCN(C(=O)Cc2cccc(I)c2)C1.Cl. The van der Waals surface area contributed by atoms with Gasteiger partial charge in [0.2, 0.25) is 5.91 Å². The molecule has 0 aliphatic carbocycles. The molecule has 1 aliphatic rings. The molecular weight excluding hydrogens is 375 g/mol. The van der Waals surface area contributed by atoms with Gasteiger partial charge in [0.1, 0.15) is 0 Å². The first kappa shape index (κ1) is 16.7. The number of likely N-dealkylation sites (tertiary alicyclic amines) is 1. The van der Waals surface area contributed by atoms with Crippen molar-refractivity contribution in [2.24, 2.45) is 0 Å². The van der Waals surface area contributed by atoms with Crippen LogP contribution >= 0.6 is 35.0 Å². The van der Waals surface area contributed by atoms with Crippen LogP contribution in [-0.4, -0.2) is 37.0 Å². The summed E-state index contributed by atoms with van der Waals surface area (Å²) in [4.78, 5) is 14.2. The molecule has 1 amide bonds. The summed E-state index contributed by atoms with van der Waals surface area (Å²) in [5, 5.41) is 3.27. The zero-order valence-electron chi connectivity index (χ0n) is 11.1. The van der Waals surface area contributed by atoms with E-state index < -0.39 is 0 Å². The molecule has 0 spiro atoms. The fourth-order valence-electron chi connectivity index (χ4n) is 2.37. The normalized spacial score (nSPS) is 18.8. The molecule has 0 bridgehead atoms. The maximum absolute atomic E-state index is 12.2. The summed E-state index contributed by atoms with van der Waals surface area (Å²) in [5.74, 6) is 0.247. The summed E-state index contributed by atoms with van der Waals surface area (Å²) < 4.78 is 1.18. The van der Waals surface area contributed by atoms with Crippen LogP contribution in [-0.2, 0) is 11.2 Å². The molecule has 0 aromatic heterocycles. The molecule has 0 saturated carbocycles. The number of carbonyl (C=O) groups is 1. The number of nitrogens with zero attached hydrogens (tertiary/aromatic N) is 1. The van der Waals surface area contributed by atoms with Crippen LogP contribution in [0.1, 0.15) is 18.4 Å². The first-order valence-corrected chi connectivity index (χ1v) is 7.46. The Morgan fingerprint density at radius 2 is 2.32 bits per heavy atom. The van der Waals surface area contributed by atoms with Crippen molar-refractivity contribution in [1.29, 1.82) is 0 Å². The van der Waals surface area contributed by atoms with E-state index in [4.69, 9.17) is 0 Å². The van der Waals surface area contributed by atoms with Crippen LogP contribution in [0, 0.1) is 3.57 Å². The van der Waals surface area contributed by atoms with Crippen LogP contribution in [0.3, 0.4) is 0 Å². The topological polar surface area (TPSA) is 32.3 Å². The monoisotopic (exact) mass is 394 g/mol. The Hall–Kier alpha value is -0.330. The highest BCUT2D eigenvalue weighted by molar-refractivity contribution is 14.1. The third kappa shape index (κ3) is 4.93. The average molecular weight is 395 g/mol. The quantitative estimate of drug-likeness (QED) is 0.799. The molecule has 1 aromatic carbocycles. The lowest BCUT2D eigenvalue weighted by atomic mass is 10.0. The van der Waals surface area contributed by atoms with E-state index in [1.54, 1.807) is 0 Å². The van der Waals surface area contributed by atoms with Gasteiger partial charge in [0.05, 0.1) is 6.42 Å². The molecule has 5 heteroatoms. The minimum absolute atomic E-state index is 0. The summed E-state index contributed by atoms with van der Waals surface area (Å²) in [6.45, 7) is 1.75. The van der Waals surface area contributed by atoms with Crippen LogP contribution in [0.25, 0.3) is 0 Å². The molecule has 1 saturated heterocycles. The fourth-order valence-corrected chi connectivity index (χ4v) is 2.98. The third-order valence-electron chi connectivity index (χ3n) is 3.43. The molecule has 1 N–H and O–H groups in total. The predicted octanol–water partition coefficient (Wildman–Crippen LogP) is 2.47. The van der Waals surface area contributed by atoms with Crippen LogP contribution < -0.4 is 5.32 Å². The van der Waals surface area contributed by atoms with Crippen molar-refractivity contribution >= 4 is 40.9 Å². The second-order valence-corrected chi connectivity index (χ2v) is 6.02. The minimum Gasteiger partial charge on any atom is -0.341 e. The molecule has 2 rings (SSSR count). The molecule has 0 radical (unpaired) electrons. The molecule has 1 atom stereocenters. The van der Waals surface area contributed by atoms with E-state index in [1.165, 1.54) is 9.99 Å². The lowest BCUT2D eigenvalue weighted by Gasteiger charge is -2.32. The average Bonchev–Trinajstić information content (AvgIpc) is 2.39. The lowest BCUT2D eigenvalue weighted by molar-refractivity contribution is -0.131. The Kier molecular flexibility index (Phi) is 7.10. The van der Waals surface area contributed by atoms with E-state index in [1.807, 2.05) is 30.1 Å². The van der Waals surface area contributed by atoms with Gasteiger partial charge >= 0.3 is 0 Å². The van der Waals surface area contributed by atoms with Gasteiger partial charge in [-0.05, 0) is 60.2 Å². The van der Waals surface area contributed by atoms with E-state index in [-0.39, 0.29) is 18.3 Å². The zero-order valence-corrected chi connectivity index (χ0v) is 14.0. The maximum Gasteiger partial charge on any atom is 0.227 e. The number of piperidine rings is 1. The highest BCUT2D eigenvalue weighted by Gasteiger charge is 2.22. The van der Waals surface area contributed by atoms with Crippen molar-refractivity contribution < 1.29 is 4.79 Å². The number of likely N-dealkylation sites (N-methyl/N-ethyl adjacent to an activating group) is 1. The van der Waals surface area contributed by atoms with Gasteiger partial charge in [-0.3, -0.25) is 4.79 Å². The first-order valence-electron chi connectivity index (χ1n) is 6.38. The summed E-state index contributed by atoms with van der Waals surface area (Å²) in [6, 6.07) is 8.62. The van der Waals surface area contributed by atoms with Crippen molar-refractivity contribution in [3.05, 3.63) is 33.4 Å². The van der Waals surface area contributed by atoms with Gasteiger partial charge < -0.3 is 10.2 Å². The van der Waals surface area contributed by atoms with Crippen molar-refractivity contribution in [2.45, 2.75) is 25.3 Å². The molecule has 106 valence electrons. The number of amides is 1. The highest BCUT2D eigenvalue weighted by Crippen LogP contribution is 2.13. The lowest BCUT2D eigenvalue weighted by Crippen LogP contribution is -2.47. The van der Waals surface area contributed by atoms with Gasteiger partial charge in [0, 0.05) is 22.7 Å². The summed E-state index contributed by atoms with van der Waals surface area (Å²) >= 11 is 2.28. The van der Waals surface area contributed by atoms with E-state index in [2.05, 4.69) is 34.0 Å². The van der Waals surface area contributed by atoms with Gasteiger partial charge in [-0.2, -0.15) is 0 Å². The summed E-state index contributed by atoms with van der Waals surface area (Å²) in [7, 11) is 1.97. The molecule has 1 aromatic rings. The Bertz CT molecular complexity index is 428. The van der Waals surface area contributed by atoms with E-state index in [0.717, 1.165) is 25.1 Å². The maximum atomic E-state index is 12.2. The van der Waals surface area contributed by atoms with Crippen LogP contribution in [0.15, 0.2) is 24.3 Å². The number of nitrogens with one attached hydrogen (secondary N) is 1. The van der Waals surface area contributed by atoms with Crippen LogP contribution in [0.2, 0.25) is 0 Å². The standard InChI is InChI=1S/C14H19IN2O.ClH/c1-16-13-6-3-7-17(10-13)14(18)9-11-4-2-5-12(15)8-11;/h2,4-5,8,13,16H,3,6-7,9-10H2,1H3;1H. The Morgan fingerprint density at radius 1 is 1.53 bits per heavy atom. The Labute approximate surface area is 134 Å². The second-order valence-electron chi connectivity index (χ2n) is 4.77. The molecule has 1 aliphatic heterocycles. The largest absolute Gasteiger partial charge is 0.341 e. The molecule has 1 unspecified atom stereocenters. The smallest absolute Gasteiger partial charge is 0.227 e. The van der Waals surface area contributed by atoms with Crippen LogP contribution in [0.5, 0.6) is 0 Å². The number of halogens is 2. The molecule has 1 heterocycles. The third-order valence-corrected chi connectivity index (χ3v) is 4.10. The van der Waals surface area contributed by atoms with E-state index in [9.17, 15) is 4.79 Å². The summed E-state index contributed by atoms with van der Waals surface area (Å²) in [6.07, 6.45) is 2.79. The predicted molar refractivity (Wildman–Crippen MR) is 88.8 cm³/mol. The first-order chi connectivity index (χ1) is 8.69. The van der Waals surface area contributed by atoms with E-state index in [0.29, 0.717) is 12.5 Å². The van der Waals surface area contributed by atoms with Gasteiger partial charge in [0.25, 0.3) is 0 Å². The second kappa shape index (κ2) is 8.07. The molecular formula is C14H20ClIN2O. The number of hydrogen-bond acceptors (Lipinski definition) is 2. The number of benzene rings is 1. The van der Waals surface area contributed by atoms with Crippen molar-refractivity contribution in [1.82, 2.24) is 10.2 Å². The van der Waals surface area contributed by atoms with Crippen molar-refractivity contribution in [3.63, 3.8) is 0 Å². The van der Waals surface area contributed by atoms with Gasteiger partial charge in [-0.1, -0.05) is 12.1 Å². The number of rotatable bonds is 3. The fraction of sp³-hybridized carbons (Fsp3) is 0.500. The number of carbonyl (C=O) groups excluding carboxylic acids is 1. The summed E-state index contributed by atoms with van der Waals surface area (Å²) in [5.41, 5.74) is 1.11. The van der Waals surface area contributed by atoms with Crippen molar-refractivity contribution in [3.8, 4) is 0 Å². The van der Waals surface area contributed by atoms with Crippen molar-refractivity contribution in [2.75, 3.05) is 20.1 Å². The molecule has 1 fully saturated rings. The van der Waals surface area contributed by atoms with Gasteiger partial charge in [-0.15, -0.1) is 12.4 Å². The highest BCUT2D eigenvalue weighted by atomic mass is 127. The molecule has 3 nitrogen and oxygen atoms in total. The Balaban J connectivity index is 0.00000180. The zero-order chi connectivity index (χ0) is 13.0. The minimum atomic E-state index is 0. The Morgan fingerprint density at radius 3 is 3.00 bits per heavy atom.